The predicted molar refractivity (Wildman–Crippen MR) is 179 cm³/mol. The van der Waals surface area contributed by atoms with E-state index in [0.29, 0.717) is 17.8 Å². The maximum atomic E-state index is 12.4. The molecule has 2 aliphatic heterocycles. The molecule has 1 aromatic heterocycles. The molecule has 1 N–H and O–H groups in total. The van der Waals surface area contributed by atoms with Crippen LogP contribution in [0.15, 0.2) is 48.5 Å². The maximum Gasteiger partial charge on any atom is 0.321 e. The zero-order chi connectivity index (χ0) is 32.3. The first-order valence-electron chi connectivity index (χ1n) is 16.5. The third-order valence-corrected chi connectivity index (χ3v) is 9.85. The van der Waals surface area contributed by atoms with E-state index in [1.165, 1.54) is 16.8 Å². The van der Waals surface area contributed by atoms with Gasteiger partial charge >= 0.3 is 5.97 Å². The van der Waals surface area contributed by atoms with Gasteiger partial charge in [-0.2, -0.15) is 5.10 Å². The summed E-state index contributed by atoms with van der Waals surface area (Å²) in [7, 11) is 3.33. The lowest BCUT2D eigenvalue weighted by Gasteiger charge is -2.36. The number of benzene rings is 2. The predicted octanol–water partition coefficient (Wildman–Crippen LogP) is 6.21. The van der Waals surface area contributed by atoms with Gasteiger partial charge in [-0.25, -0.2) is 0 Å². The molecular weight excluding hydrogens is 564 g/mol. The van der Waals surface area contributed by atoms with Gasteiger partial charge in [0.15, 0.2) is 11.5 Å². The third-order valence-electron chi connectivity index (χ3n) is 9.85. The molecule has 244 valence electrons. The summed E-state index contributed by atoms with van der Waals surface area (Å²) in [6.07, 6.45) is 2.96. The third kappa shape index (κ3) is 7.55. The van der Waals surface area contributed by atoms with Gasteiger partial charge in [0.05, 0.1) is 19.9 Å². The van der Waals surface area contributed by atoms with Crippen LogP contribution in [0.5, 0.6) is 11.5 Å². The zero-order valence-corrected chi connectivity index (χ0v) is 28.3. The van der Waals surface area contributed by atoms with Gasteiger partial charge in [0.25, 0.3) is 0 Å². The number of aryl methyl sites for hydroxylation is 2. The Kier molecular flexibility index (Phi) is 10.2. The lowest BCUT2D eigenvalue weighted by Crippen LogP contribution is -2.48. The van der Waals surface area contributed by atoms with E-state index in [0.717, 1.165) is 81.3 Å². The molecule has 0 amide bonds. The topological polar surface area (TPSA) is 80.1 Å². The number of aromatic nitrogens is 2. The minimum absolute atomic E-state index is 0.326. The number of methoxy groups -OCH3 is 2. The summed E-state index contributed by atoms with van der Waals surface area (Å²) in [6.45, 7) is 16.0. The smallest absolute Gasteiger partial charge is 0.321 e. The minimum atomic E-state index is -0.718. The normalized spacial score (nSPS) is 20.8. The number of hydrogen-bond acceptors (Lipinski definition) is 6. The van der Waals surface area contributed by atoms with Crippen LogP contribution in [0.3, 0.4) is 0 Å². The van der Waals surface area contributed by atoms with Crippen LogP contribution in [0, 0.1) is 18.3 Å². The van der Waals surface area contributed by atoms with Crippen LogP contribution in [-0.2, 0) is 17.8 Å². The highest BCUT2D eigenvalue weighted by molar-refractivity contribution is 5.74. The molecule has 0 aliphatic carbocycles. The number of piperidine rings is 1. The molecule has 5 rings (SSSR count). The number of carboxylic acid groups (broad SMARTS) is 1. The van der Waals surface area contributed by atoms with Crippen molar-refractivity contribution in [3.8, 4) is 11.5 Å². The van der Waals surface area contributed by atoms with Crippen molar-refractivity contribution in [1.29, 1.82) is 0 Å². The van der Waals surface area contributed by atoms with Gasteiger partial charge in [0, 0.05) is 50.1 Å². The molecule has 0 radical (unpaired) electrons. The number of ether oxygens (including phenoxy) is 2. The Bertz CT molecular complexity index is 1450. The van der Waals surface area contributed by atoms with E-state index in [4.69, 9.17) is 14.6 Å². The van der Waals surface area contributed by atoms with E-state index in [-0.39, 0.29) is 5.41 Å². The van der Waals surface area contributed by atoms with Crippen LogP contribution in [0.25, 0.3) is 0 Å². The average Bonchev–Trinajstić information content (AvgIpc) is 3.60. The van der Waals surface area contributed by atoms with Crippen molar-refractivity contribution in [2.75, 3.05) is 46.9 Å². The average molecular weight is 617 g/mol. The first-order valence-corrected chi connectivity index (χ1v) is 16.5. The van der Waals surface area contributed by atoms with Gasteiger partial charge in [-0.05, 0) is 80.4 Å². The van der Waals surface area contributed by atoms with Crippen LogP contribution < -0.4 is 9.47 Å². The molecule has 3 aromatic rings. The highest BCUT2D eigenvalue weighted by Gasteiger charge is 2.44. The second-order valence-corrected chi connectivity index (χ2v) is 14.2. The number of likely N-dealkylation sites (tertiary alicyclic amines) is 2. The standard InChI is InChI=1S/C37H52N4O4/c1-8-41-32(21-30(38-41)19-26-12-13-33(44-6)34(20-26)45-7)27-14-16-39(17-15-27)22-29-23-40(35(36(42)43)37(3,4)5)24-31(29)28-11-9-10-25(2)18-28/h9-13,18,20-21,27,29,31,35H,8,14-17,19,22-24H2,1-7H3,(H,42,43). The van der Waals surface area contributed by atoms with Gasteiger partial charge in [-0.15, -0.1) is 0 Å². The van der Waals surface area contributed by atoms with Crippen LogP contribution >= 0.6 is 0 Å². The summed E-state index contributed by atoms with van der Waals surface area (Å²) in [5.74, 6) is 1.96. The highest BCUT2D eigenvalue weighted by atomic mass is 16.5. The Morgan fingerprint density at radius 1 is 1.02 bits per heavy atom. The Morgan fingerprint density at radius 2 is 1.76 bits per heavy atom. The van der Waals surface area contributed by atoms with Gasteiger partial charge in [-0.3, -0.25) is 14.4 Å². The van der Waals surface area contributed by atoms with Gasteiger partial charge in [-0.1, -0.05) is 56.7 Å². The second-order valence-electron chi connectivity index (χ2n) is 14.2. The van der Waals surface area contributed by atoms with E-state index >= 15 is 0 Å². The molecule has 8 nitrogen and oxygen atoms in total. The Hall–Kier alpha value is -3.36. The van der Waals surface area contributed by atoms with Crippen LogP contribution in [-0.4, -0.2) is 83.6 Å². The SMILES string of the molecule is CCn1nc(Cc2ccc(OC)c(OC)c2)cc1C1CCN(CC2CN(C(C(=O)O)C(C)(C)C)CC2c2cccc(C)c2)CC1. The highest BCUT2D eigenvalue weighted by Crippen LogP contribution is 2.39. The summed E-state index contributed by atoms with van der Waals surface area (Å²) < 4.78 is 13.1. The molecule has 0 bridgehead atoms. The molecule has 3 atom stereocenters. The molecule has 45 heavy (non-hydrogen) atoms. The fourth-order valence-electron chi connectivity index (χ4n) is 7.75. The second kappa shape index (κ2) is 14.0. The lowest BCUT2D eigenvalue weighted by atomic mass is 9.85. The largest absolute Gasteiger partial charge is 0.493 e. The van der Waals surface area contributed by atoms with Crippen LogP contribution in [0.1, 0.15) is 80.5 Å². The van der Waals surface area contributed by atoms with Crippen LogP contribution in [0.2, 0.25) is 0 Å². The van der Waals surface area contributed by atoms with Crippen molar-refractivity contribution >= 4 is 5.97 Å². The number of carbonyl (C=O) groups is 1. The number of nitrogens with zero attached hydrogens (tertiary/aromatic N) is 4. The molecule has 3 heterocycles. The number of aliphatic carboxylic acids is 1. The molecule has 3 unspecified atom stereocenters. The molecule has 0 spiro atoms. The van der Waals surface area contributed by atoms with Gasteiger partial charge < -0.3 is 19.5 Å². The van der Waals surface area contributed by atoms with Crippen molar-refractivity contribution in [2.24, 2.45) is 11.3 Å². The summed E-state index contributed by atoms with van der Waals surface area (Å²) in [5, 5.41) is 15.2. The van der Waals surface area contributed by atoms with E-state index in [1.54, 1.807) is 14.2 Å². The number of carboxylic acids is 1. The van der Waals surface area contributed by atoms with Gasteiger partial charge in [0.1, 0.15) is 6.04 Å². The Morgan fingerprint density at radius 3 is 2.38 bits per heavy atom. The first-order chi connectivity index (χ1) is 21.5. The van der Waals surface area contributed by atoms with Crippen molar-refractivity contribution in [2.45, 2.75) is 78.3 Å². The molecule has 8 heteroatoms. The minimum Gasteiger partial charge on any atom is -0.493 e. The molecular formula is C37H52N4O4. The van der Waals surface area contributed by atoms with Gasteiger partial charge in [0.2, 0.25) is 0 Å². The Labute approximate surface area is 269 Å². The van der Waals surface area contributed by atoms with Crippen LogP contribution in [0.4, 0.5) is 0 Å². The first kappa shape index (κ1) is 33.0. The van der Waals surface area contributed by atoms with Crippen molar-refractivity contribution in [3.63, 3.8) is 0 Å². The summed E-state index contributed by atoms with van der Waals surface area (Å²) in [4.78, 5) is 17.3. The molecule has 2 fully saturated rings. The number of hydrogen-bond donors (Lipinski definition) is 1. The van der Waals surface area contributed by atoms with Crippen molar-refractivity contribution in [1.82, 2.24) is 19.6 Å². The van der Waals surface area contributed by atoms with E-state index < -0.39 is 12.0 Å². The summed E-state index contributed by atoms with van der Waals surface area (Å²) in [6, 6.07) is 16.7. The molecule has 0 saturated carbocycles. The lowest BCUT2D eigenvalue weighted by molar-refractivity contribution is -0.147. The number of rotatable bonds is 11. The van der Waals surface area contributed by atoms with E-state index in [2.05, 4.69) is 64.7 Å². The Balaban J connectivity index is 1.27. The maximum absolute atomic E-state index is 12.4. The molecule has 2 saturated heterocycles. The van der Waals surface area contributed by atoms with Crippen molar-refractivity contribution < 1.29 is 19.4 Å². The van der Waals surface area contributed by atoms with E-state index in [1.807, 2.05) is 32.9 Å². The summed E-state index contributed by atoms with van der Waals surface area (Å²) >= 11 is 0. The monoisotopic (exact) mass is 616 g/mol. The zero-order valence-electron chi connectivity index (χ0n) is 28.3. The fraction of sp³-hybridized carbons (Fsp3) is 0.568. The van der Waals surface area contributed by atoms with E-state index in [9.17, 15) is 9.90 Å². The molecule has 2 aliphatic rings. The summed E-state index contributed by atoms with van der Waals surface area (Å²) in [5.41, 5.74) is 5.84. The fourth-order valence-corrected chi connectivity index (χ4v) is 7.75. The quantitative estimate of drug-likeness (QED) is 0.274. The van der Waals surface area contributed by atoms with Crippen molar-refractivity contribution in [3.05, 3.63) is 76.6 Å². The molecule has 2 aromatic carbocycles.